The summed E-state index contributed by atoms with van der Waals surface area (Å²) in [7, 11) is 0. The Labute approximate surface area is 154 Å². The maximum atomic E-state index is 12.1. The van der Waals surface area contributed by atoms with Gasteiger partial charge >= 0.3 is 0 Å². The summed E-state index contributed by atoms with van der Waals surface area (Å²) in [6.07, 6.45) is 1.72. The fourth-order valence-corrected chi connectivity index (χ4v) is 3.19. The minimum absolute atomic E-state index is 0.0634. The Morgan fingerprint density at radius 3 is 2.88 bits per heavy atom. The lowest BCUT2D eigenvalue weighted by Gasteiger charge is -2.06. The maximum absolute atomic E-state index is 12.1. The van der Waals surface area contributed by atoms with Gasteiger partial charge in [-0.2, -0.15) is 0 Å². The van der Waals surface area contributed by atoms with Crippen LogP contribution in [0.15, 0.2) is 52.4 Å². The summed E-state index contributed by atoms with van der Waals surface area (Å²) in [5.41, 5.74) is 1.34. The van der Waals surface area contributed by atoms with Crippen LogP contribution in [0.1, 0.15) is 12.5 Å². The SMILES string of the molecule is CCOc1cc(/C=C2/SC(=Nc3ccccc3Cl)NC2=O)ccc1O. The van der Waals surface area contributed by atoms with Crippen molar-refractivity contribution < 1.29 is 14.6 Å². The number of nitrogens with one attached hydrogen (secondary N) is 1. The number of carbonyl (C=O) groups excluding carboxylic acids is 1. The maximum Gasteiger partial charge on any atom is 0.264 e. The molecule has 0 spiro atoms. The van der Waals surface area contributed by atoms with E-state index < -0.39 is 0 Å². The lowest BCUT2D eigenvalue weighted by molar-refractivity contribution is -0.115. The zero-order chi connectivity index (χ0) is 17.8. The molecule has 1 fully saturated rings. The van der Waals surface area contributed by atoms with Crippen LogP contribution in [0.2, 0.25) is 5.02 Å². The first kappa shape index (κ1) is 17.4. The molecule has 0 radical (unpaired) electrons. The number of hydrogen-bond acceptors (Lipinski definition) is 5. The Hall–Kier alpha value is -2.44. The smallest absolute Gasteiger partial charge is 0.264 e. The minimum atomic E-state index is -0.234. The second-order valence-electron chi connectivity index (χ2n) is 5.09. The predicted molar refractivity (Wildman–Crippen MR) is 102 cm³/mol. The van der Waals surface area contributed by atoms with Crippen molar-refractivity contribution in [3.8, 4) is 11.5 Å². The largest absolute Gasteiger partial charge is 0.504 e. The lowest BCUT2D eigenvalue weighted by Crippen LogP contribution is -2.19. The number of nitrogens with zero attached hydrogens (tertiary/aromatic N) is 1. The Morgan fingerprint density at radius 1 is 1.32 bits per heavy atom. The molecule has 1 aliphatic rings. The number of benzene rings is 2. The molecule has 2 N–H and O–H groups in total. The number of aromatic hydroxyl groups is 1. The third kappa shape index (κ3) is 4.15. The summed E-state index contributed by atoms with van der Waals surface area (Å²) in [4.78, 5) is 17.0. The number of para-hydroxylation sites is 1. The number of rotatable bonds is 4. The molecule has 1 aliphatic heterocycles. The van der Waals surface area contributed by atoms with E-state index >= 15 is 0 Å². The normalized spacial score (nSPS) is 17.1. The molecule has 0 saturated carbocycles. The van der Waals surface area contributed by atoms with Gasteiger partial charge in [0.2, 0.25) is 0 Å². The van der Waals surface area contributed by atoms with Gasteiger partial charge in [0.15, 0.2) is 16.7 Å². The molecule has 1 saturated heterocycles. The number of thioether (sulfide) groups is 1. The fraction of sp³-hybridized carbons (Fsp3) is 0.111. The van der Waals surface area contributed by atoms with Gasteiger partial charge in [0.25, 0.3) is 5.91 Å². The van der Waals surface area contributed by atoms with Gasteiger partial charge in [0, 0.05) is 0 Å². The summed E-state index contributed by atoms with van der Waals surface area (Å²) < 4.78 is 5.36. The van der Waals surface area contributed by atoms with Crippen LogP contribution in [0.4, 0.5) is 5.69 Å². The Balaban J connectivity index is 1.84. The van der Waals surface area contributed by atoms with Gasteiger partial charge in [-0.15, -0.1) is 0 Å². The van der Waals surface area contributed by atoms with Gasteiger partial charge in [-0.25, -0.2) is 4.99 Å². The number of ether oxygens (including phenoxy) is 1. The van der Waals surface area contributed by atoms with Crippen molar-refractivity contribution >= 4 is 46.2 Å². The number of carbonyl (C=O) groups is 1. The van der Waals surface area contributed by atoms with Crippen LogP contribution in [-0.2, 0) is 4.79 Å². The van der Waals surface area contributed by atoms with Crippen molar-refractivity contribution in [1.82, 2.24) is 5.32 Å². The molecule has 1 heterocycles. The van der Waals surface area contributed by atoms with E-state index in [1.807, 2.05) is 19.1 Å². The van der Waals surface area contributed by atoms with Crippen LogP contribution in [0.3, 0.4) is 0 Å². The highest BCUT2D eigenvalue weighted by atomic mass is 35.5. The average Bonchev–Trinajstić information content (AvgIpc) is 2.92. The molecule has 25 heavy (non-hydrogen) atoms. The molecule has 0 atom stereocenters. The molecule has 0 aromatic heterocycles. The number of amidine groups is 1. The highest BCUT2D eigenvalue weighted by Crippen LogP contribution is 2.32. The molecular formula is C18H15ClN2O3S. The number of phenolic OH excluding ortho intramolecular Hbond substituents is 1. The van der Waals surface area contributed by atoms with Crippen molar-refractivity contribution in [1.29, 1.82) is 0 Å². The summed E-state index contributed by atoms with van der Waals surface area (Å²) in [6, 6.07) is 12.1. The van der Waals surface area contributed by atoms with Crippen LogP contribution in [0.25, 0.3) is 6.08 Å². The second kappa shape index (κ2) is 7.63. The van der Waals surface area contributed by atoms with Gasteiger partial charge in [-0.1, -0.05) is 29.8 Å². The topological polar surface area (TPSA) is 70.9 Å². The zero-order valence-electron chi connectivity index (χ0n) is 13.3. The monoisotopic (exact) mass is 374 g/mol. The van der Waals surface area contributed by atoms with E-state index in [4.69, 9.17) is 16.3 Å². The number of aliphatic imine (C=N–C) groups is 1. The molecule has 128 valence electrons. The number of hydrogen-bond donors (Lipinski definition) is 2. The molecule has 2 aromatic carbocycles. The summed E-state index contributed by atoms with van der Waals surface area (Å²) >= 11 is 7.31. The Kier molecular flexibility index (Phi) is 5.31. The van der Waals surface area contributed by atoms with E-state index in [2.05, 4.69) is 10.3 Å². The van der Waals surface area contributed by atoms with Crippen LogP contribution < -0.4 is 10.1 Å². The molecule has 1 amide bonds. The first-order valence-electron chi connectivity index (χ1n) is 7.56. The molecule has 0 unspecified atom stereocenters. The molecule has 0 bridgehead atoms. The first-order valence-corrected chi connectivity index (χ1v) is 8.76. The molecule has 5 nitrogen and oxygen atoms in total. The quantitative estimate of drug-likeness (QED) is 0.781. The predicted octanol–water partition coefficient (Wildman–Crippen LogP) is 4.34. The van der Waals surface area contributed by atoms with Gasteiger partial charge in [-0.05, 0) is 54.6 Å². The summed E-state index contributed by atoms with van der Waals surface area (Å²) in [5.74, 6) is 0.209. The van der Waals surface area contributed by atoms with Crippen LogP contribution in [-0.4, -0.2) is 22.8 Å². The van der Waals surface area contributed by atoms with E-state index in [1.54, 1.807) is 30.3 Å². The molecule has 7 heteroatoms. The Morgan fingerprint density at radius 2 is 2.12 bits per heavy atom. The van der Waals surface area contributed by atoms with Crippen molar-refractivity contribution in [2.24, 2.45) is 4.99 Å². The van der Waals surface area contributed by atoms with E-state index in [-0.39, 0.29) is 11.7 Å². The lowest BCUT2D eigenvalue weighted by atomic mass is 10.2. The zero-order valence-corrected chi connectivity index (χ0v) is 14.9. The third-order valence-corrected chi connectivity index (χ3v) is 4.54. The van der Waals surface area contributed by atoms with E-state index in [0.717, 1.165) is 5.56 Å². The van der Waals surface area contributed by atoms with E-state index in [9.17, 15) is 9.90 Å². The third-order valence-electron chi connectivity index (χ3n) is 3.31. The molecular weight excluding hydrogens is 360 g/mol. The molecule has 0 aliphatic carbocycles. The number of amides is 1. The fourth-order valence-electron chi connectivity index (χ4n) is 2.18. The van der Waals surface area contributed by atoms with Crippen LogP contribution in [0.5, 0.6) is 11.5 Å². The molecule has 2 aromatic rings. The number of phenols is 1. The standard InChI is InChI=1S/C18H15ClN2O3S/c1-2-24-15-9-11(7-8-14(15)22)10-16-17(23)21-18(25-16)20-13-6-4-3-5-12(13)19/h3-10,22H,2H2,1H3,(H,20,21,23)/b16-10+. The highest BCUT2D eigenvalue weighted by Gasteiger charge is 2.24. The van der Waals surface area contributed by atoms with Gasteiger partial charge in [0.05, 0.1) is 22.2 Å². The van der Waals surface area contributed by atoms with Gasteiger partial charge < -0.3 is 15.2 Å². The van der Waals surface area contributed by atoms with Crippen LogP contribution in [0, 0.1) is 0 Å². The highest BCUT2D eigenvalue weighted by molar-refractivity contribution is 8.18. The van der Waals surface area contributed by atoms with E-state index in [0.29, 0.717) is 33.1 Å². The van der Waals surface area contributed by atoms with E-state index in [1.165, 1.54) is 17.8 Å². The first-order chi connectivity index (χ1) is 12.1. The average molecular weight is 375 g/mol. The summed E-state index contributed by atoms with van der Waals surface area (Å²) in [5, 5.41) is 13.4. The molecule has 3 rings (SSSR count). The minimum Gasteiger partial charge on any atom is -0.504 e. The second-order valence-corrected chi connectivity index (χ2v) is 6.53. The van der Waals surface area contributed by atoms with Gasteiger partial charge in [0.1, 0.15) is 0 Å². The summed E-state index contributed by atoms with van der Waals surface area (Å²) in [6.45, 7) is 2.28. The van der Waals surface area contributed by atoms with Crippen molar-refractivity contribution in [2.45, 2.75) is 6.92 Å². The Bertz CT molecular complexity index is 880. The van der Waals surface area contributed by atoms with Crippen molar-refractivity contribution in [2.75, 3.05) is 6.61 Å². The van der Waals surface area contributed by atoms with Crippen molar-refractivity contribution in [3.63, 3.8) is 0 Å². The van der Waals surface area contributed by atoms with Gasteiger partial charge in [-0.3, -0.25) is 4.79 Å². The number of halogens is 1. The van der Waals surface area contributed by atoms with Crippen LogP contribution >= 0.6 is 23.4 Å². The van der Waals surface area contributed by atoms with Crippen molar-refractivity contribution in [3.05, 3.63) is 58.0 Å².